The number of hydrogen-bond donors (Lipinski definition) is 1. The van der Waals surface area contributed by atoms with Crippen LogP contribution in [0.25, 0.3) is 10.8 Å². The van der Waals surface area contributed by atoms with Gasteiger partial charge in [-0.2, -0.15) is 5.10 Å². The lowest BCUT2D eigenvalue weighted by molar-refractivity contribution is 0.0957. The Bertz CT molecular complexity index is 1110. The van der Waals surface area contributed by atoms with E-state index >= 15 is 0 Å². The Labute approximate surface area is 159 Å². The Morgan fingerprint density at radius 3 is 2.74 bits per heavy atom. The van der Waals surface area contributed by atoms with Gasteiger partial charge in [-0.3, -0.25) is 9.59 Å². The van der Waals surface area contributed by atoms with Gasteiger partial charge in [-0.25, -0.2) is 4.68 Å². The molecule has 0 aliphatic carbocycles. The lowest BCUT2D eigenvalue weighted by Gasteiger charge is -2.20. The standard InChI is InChI=1S/C19H16ClN3O4/c1-21-18(24)16-12-4-2-3-5-13(12)19(25)23(22-16)10-11-8-14(20)17-15(9-11)26-6-7-27-17/h2-5,8-9H,6-7,10H2,1H3,(H,21,24). The zero-order valence-electron chi connectivity index (χ0n) is 14.5. The van der Waals surface area contributed by atoms with E-state index < -0.39 is 0 Å². The molecule has 2 heterocycles. The molecule has 2 aromatic carbocycles. The molecule has 0 atom stereocenters. The molecule has 1 N–H and O–H groups in total. The van der Waals surface area contributed by atoms with Crippen LogP contribution in [0.5, 0.6) is 11.5 Å². The van der Waals surface area contributed by atoms with Gasteiger partial charge < -0.3 is 14.8 Å². The summed E-state index contributed by atoms with van der Waals surface area (Å²) in [5.41, 5.74) is 0.623. The number of carbonyl (C=O) groups is 1. The molecule has 138 valence electrons. The molecule has 0 bridgehead atoms. The molecule has 4 rings (SSSR count). The van der Waals surface area contributed by atoms with Gasteiger partial charge in [0.05, 0.1) is 17.0 Å². The number of halogens is 1. The zero-order chi connectivity index (χ0) is 19.0. The molecule has 1 aromatic heterocycles. The molecule has 0 spiro atoms. The summed E-state index contributed by atoms with van der Waals surface area (Å²) < 4.78 is 12.4. The lowest BCUT2D eigenvalue weighted by atomic mass is 10.1. The highest BCUT2D eigenvalue weighted by Gasteiger charge is 2.19. The molecule has 0 radical (unpaired) electrons. The van der Waals surface area contributed by atoms with Gasteiger partial charge in [0, 0.05) is 12.4 Å². The third-order valence-electron chi connectivity index (χ3n) is 4.30. The van der Waals surface area contributed by atoms with Crippen molar-refractivity contribution in [2.45, 2.75) is 6.54 Å². The van der Waals surface area contributed by atoms with Gasteiger partial charge in [-0.05, 0) is 23.8 Å². The number of carbonyl (C=O) groups excluding carboxylic acids is 1. The summed E-state index contributed by atoms with van der Waals surface area (Å²) in [7, 11) is 1.52. The van der Waals surface area contributed by atoms with Crippen LogP contribution in [-0.4, -0.2) is 35.9 Å². The fourth-order valence-electron chi connectivity index (χ4n) is 3.06. The topological polar surface area (TPSA) is 82.5 Å². The van der Waals surface area contributed by atoms with Crippen molar-refractivity contribution in [3.8, 4) is 11.5 Å². The van der Waals surface area contributed by atoms with Crippen LogP contribution < -0.4 is 20.3 Å². The van der Waals surface area contributed by atoms with Crippen LogP contribution in [-0.2, 0) is 6.54 Å². The quantitative estimate of drug-likeness (QED) is 0.747. The Morgan fingerprint density at radius 1 is 1.22 bits per heavy atom. The third-order valence-corrected chi connectivity index (χ3v) is 4.58. The van der Waals surface area contributed by atoms with E-state index in [1.54, 1.807) is 36.4 Å². The summed E-state index contributed by atoms with van der Waals surface area (Å²) in [6.07, 6.45) is 0. The summed E-state index contributed by atoms with van der Waals surface area (Å²) in [5.74, 6) is 0.667. The number of nitrogens with zero attached hydrogens (tertiary/aromatic N) is 2. The van der Waals surface area contributed by atoms with E-state index in [1.165, 1.54) is 11.7 Å². The first-order valence-electron chi connectivity index (χ1n) is 8.38. The second-order valence-corrected chi connectivity index (χ2v) is 6.45. The first-order valence-corrected chi connectivity index (χ1v) is 8.76. The molecule has 0 saturated carbocycles. The minimum absolute atomic E-state index is 0.143. The Balaban J connectivity index is 1.83. The van der Waals surface area contributed by atoms with Gasteiger partial charge in [0.2, 0.25) is 0 Å². The van der Waals surface area contributed by atoms with Crippen LogP contribution in [0.3, 0.4) is 0 Å². The van der Waals surface area contributed by atoms with Crippen molar-refractivity contribution < 1.29 is 14.3 Å². The molecule has 1 aliphatic heterocycles. The molecular formula is C19H16ClN3O4. The van der Waals surface area contributed by atoms with Gasteiger partial charge in [0.15, 0.2) is 17.2 Å². The summed E-state index contributed by atoms with van der Waals surface area (Å²) >= 11 is 6.28. The van der Waals surface area contributed by atoms with Crippen LogP contribution in [0.15, 0.2) is 41.2 Å². The van der Waals surface area contributed by atoms with Crippen LogP contribution in [0, 0.1) is 0 Å². The van der Waals surface area contributed by atoms with Crippen molar-refractivity contribution in [1.29, 1.82) is 0 Å². The number of ether oxygens (including phenoxy) is 2. The molecule has 0 unspecified atom stereocenters. The van der Waals surface area contributed by atoms with Gasteiger partial charge >= 0.3 is 0 Å². The van der Waals surface area contributed by atoms with E-state index in [2.05, 4.69) is 10.4 Å². The van der Waals surface area contributed by atoms with Gasteiger partial charge in [0.1, 0.15) is 13.2 Å². The number of amides is 1. The van der Waals surface area contributed by atoms with Crippen molar-refractivity contribution in [2.24, 2.45) is 0 Å². The molecule has 7 nitrogen and oxygen atoms in total. The largest absolute Gasteiger partial charge is 0.486 e. The van der Waals surface area contributed by atoms with E-state index in [4.69, 9.17) is 21.1 Å². The summed E-state index contributed by atoms with van der Waals surface area (Å²) in [4.78, 5) is 25.1. The second-order valence-electron chi connectivity index (χ2n) is 6.04. The summed E-state index contributed by atoms with van der Waals surface area (Å²) in [6.45, 7) is 1.01. The highest BCUT2D eigenvalue weighted by molar-refractivity contribution is 6.32. The number of benzene rings is 2. The number of fused-ring (bicyclic) bond motifs is 2. The molecule has 8 heteroatoms. The molecular weight excluding hydrogens is 370 g/mol. The number of rotatable bonds is 3. The molecule has 27 heavy (non-hydrogen) atoms. The monoisotopic (exact) mass is 385 g/mol. The fourth-order valence-corrected chi connectivity index (χ4v) is 3.34. The third kappa shape index (κ3) is 3.10. The highest BCUT2D eigenvalue weighted by Crippen LogP contribution is 2.38. The molecule has 1 amide bonds. The first kappa shape index (κ1) is 17.4. The Morgan fingerprint density at radius 2 is 1.96 bits per heavy atom. The van der Waals surface area contributed by atoms with E-state index in [0.29, 0.717) is 40.5 Å². The Kier molecular flexibility index (Phi) is 4.45. The maximum Gasteiger partial charge on any atom is 0.274 e. The second kappa shape index (κ2) is 6.92. The van der Waals surface area contributed by atoms with Crippen molar-refractivity contribution >= 4 is 28.3 Å². The fraction of sp³-hybridized carbons (Fsp3) is 0.211. The highest BCUT2D eigenvalue weighted by atomic mass is 35.5. The van der Waals surface area contributed by atoms with Gasteiger partial charge in [-0.15, -0.1) is 0 Å². The average Bonchev–Trinajstić information content (AvgIpc) is 2.69. The maximum atomic E-state index is 12.8. The van der Waals surface area contributed by atoms with E-state index in [0.717, 1.165) is 5.56 Å². The van der Waals surface area contributed by atoms with Crippen LogP contribution >= 0.6 is 11.6 Å². The predicted octanol–water partition coefficient (Wildman–Crippen LogP) is 2.23. The molecule has 0 saturated heterocycles. The SMILES string of the molecule is CNC(=O)c1nn(Cc2cc(Cl)c3c(c2)OCCO3)c(=O)c2ccccc12. The summed E-state index contributed by atoms with van der Waals surface area (Å²) in [6, 6.07) is 10.4. The zero-order valence-corrected chi connectivity index (χ0v) is 15.2. The van der Waals surface area contributed by atoms with Crippen LogP contribution in [0.1, 0.15) is 16.1 Å². The van der Waals surface area contributed by atoms with E-state index in [1.807, 2.05) is 0 Å². The van der Waals surface area contributed by atoms with Gasteiger partial charge in [0.25, 0.3) is 11.5 Å². The average molecular weight is 386 g/mol. The number of hydrogen-bond acceptors (Lipinski definition) is 5. The summed E-state index contributed by atoms with van der Waals surface area (Å²) in [5, 5.41) is 8.19. The maximum absolute atomic E-state index is 12.8. The number of aromatic nitrogens is 2. The van der Waals surface area contributed by atoms with Crippen LogP contribution in [0.4, 0.5) is 0 Å². The lowest BCUT2D eigenvalue weighted by Crippen LogP contribution is -2.29. The van der Waals surface area contributed by atoms with E-state index in [-0.39, 0.29) is 23.7 Å². The normalized spacial score (nSPS) is 12.8. The molecule has 1 aliphatic rings. The molecule has 3 aromatic rings. The van der Waals surface area contributed by atoms with Gasteiger partial charge in [-0.1, -0.05) is 29.8 Å². The predicted molar refractivity (Wildman–Crippen MR) is 101 cm³/mol. The Hall–Kier alpha value is -3.06. The molecule has 0 fully saturated rings. The van der Waals surface area contributed by atoms with Crippen molar-refractivity contribution in [1.82, 2.24) is 15.1 Å². The minimum atomic E-state index is -0.361. The first-order chi connectivity index (χ1) is 13.1. The number of nitrogens with one attached hydrogen (secondary N) is 1. The van der Waals surface area contributed by atoms with Crippen molar-refractivity contribution in [2.75, 3.05) is 20.3 Å². The van der Waals surface area contributed by atoms with Crippen molar-refractivity contribution in [3.63, 3.8) is 0 Å². The van der Waals surface area contributed by atoms with Crippen molar-refractivity contribution in [3.05, 3.63) is 63.0 Å². The smallest absolute Gasteiger partial charge is 0.274 e. The van der Waals surface area contributed by atoms with E-state index in [9.17, 15) is 9.59 Å². The van der Waals surface area contributed by atoms with Crippen LogP contribution in [0.2, 0.25) is 5.02 Å². The minimum Gasteiger partial charge on any atom is -0.486 e.